The second-order valence-electron chi connectivity index (χ2n) is 6.13. The third kappa shape index (κ3) is 11.4. The summed E-state index contributed by atoms with van der Waals surface area (Å²) in [7, 11) is -3.88. The fraction of sp³-hybridized carbons (Fsp3) is 1.00. The van der Waals surface area contributed by atoms with E-state index in [1.54, 1.807) is 0 Å². The van der Waals surface area contributed by atoms with Gasteiger partial charge in [-0.25, -0.2) is 0 Å². The Hall–Kier alpha value is 0.234. The highest BCUT2D eigenvalue weighted by Crippen LogP contribution is 2.18. The molecule has 0 atom stereocenters. The van der Waals surface area contributed by atoms with Crippen LogP contribution in [0.2, 0.25) is 25.2 Å². The summed E-state index contributed by atoms with van der Waals surface area (Å²) in [5, 5.41) is 3.52. The molecule has 0 amide bonds. The van der Waals surface area contributed by atoms with Crippen molar-refractivity contribution in [2.45, 2.75) is 65.7 Å². The third-order valence-corrected chi connectivity index (χ3v) is 9.38. The molecule has 0 spiro atoms. The maximum Gasteiger partial charge on any atom is 0.500 e. The molecule has 0 aliphatic carbocycles. The van der Waals surface area contributed by atoms with Crippen LogP contribution in [0.15, 0.2) is 0 Å². The van der Waals surface area contributed by atoms with Crippen molar-refractivity contribution >= 4 is 17.1 Å². The quantitative estimate of drug-likeness (QED) is 0.334. The zero-order valence-electron chi connectivity index (χ0n) is 16.2. The summed E-state index contributed by atoms with van der Waals surface area (Å²) in [6, 6.07) is 2.10. The molecule has 0 saturated carbocycles. The van der Waals surface area contributed by atoms with Crippen LogP contribution in [0.5, 0.6) is 0 Å². The fourth-order valence-corrected chi connectivity index (χ4v) is 7.22. The molecule has 0 heterocycles. The van der Waals surface area contributed by atoms with E-state index in [4.69, 9.17) is 17.7 Å². The van der Waals surface area contributed by atoms with Gasteiger partial charge in [0.1, 0.15) is 0 Å². The molecule has 0 bridgehead atoms. The summed E-state index contributed by atoms with van der Waals surface area (Å²) >= 11 is 0. The first kappa shape index (κ1) is 23.2. The molecule has 0 aromatic carbocycles. The molecule has 23 heavy (non-hydrogen) atoms. The lowest BCUT2D eigenvalue weighted by atomic mass is 10.4. The van der Waals surface area contributed by atoms with Gasteiger partial charge < -0.3 is 23.0 Å². The molecule has 0 aliphatic rings. The maximum absolute atomic E-state index is 5.87. The largest absolute Gasteiger partial charge is 0.500 e. The molecule has 0 saturated heterocycles. The highest BCUT2D eigenvalue weighted by atomic mass is 28.4. The minimum atomic E-state index is -2.46. The van der Waals surface area contributed by atoms with Crippen LogP contribution in [0.3, 0.4) is 0 Å². The van der Waals surface area contributed by atoms with Gasteiger partial charge in [-0.15, -0.1) is 0 Å². The predicted octanol–water partition coefficient (Wildman–Crippen LogP) is 3.65. The molecule has 0 radical (unpaired) electrons. The highest BCUT2D eigenvalue weighted by Gasteiger charge is 2.39. The maximum atomic E-state index is 5.87. The molecule has 0 unspecified atom stereocenters. The molecule has 0 aromatic heterocycles. The first-order chi connectivity index (χ1) is 10.9. The van der Waals surface area contributed by atoms with Crippen LogP contribution in [-0.2, 0) is 17.7 Å². The summed E-state index contributed by atoms with van der Waals surface area (Å²) in [6.07, 6.45) is 2.21. The zero-order chi connectivity index (χ0) is 17.6. The molecule has 0 aliphatic heterocycles. The SMILES string of the molecule is CCO[Si](C)(C)CCCNCCC[Si](OCC)(OCC)OCC. The molecule has 140 valence electrons. The van der Waals surface area contributed by atoms with Crippen LogP contribution in [0.1, 0.15) is 40.5 Å². The van der Waals surface area contributed by atoms with E-state index in [0.29, 0.717) is 19.8 Å². The van der Waals surface area contributed by atoms with Gasteiger partial charge in [-0.3, -0.25) is 0 Å². The van der Waals surface area contributed by atoms with Crippen molar-refractivity contribution in [1.29, 1.82) is 0 Å². The Morgan fingerprint density at radius 3 is 1.52 bits per heavy atom. The Morgan fingerprint density at radius 2 is 1.09 bits per heavy atom. The van der Waals surface area contributed by atoms with E-state index in [-0.39, 0.29) is 0 Å². The zero-order valence-corrected chi connectivity index (χ0v) is 18.2. The Kier molecular flexibility index (Phi) is 13.7. The third-order valence-electron chi connectivity index (χ3n) is 3.60. The molecule has 5 nitrogen and oxygen atoms in total. The highest BCUT2D eigenvalue weighted by molar-refractivity contribution is 6.71. The number of hydrogen-bond donors (Lipinski definition) is 1. The lowest BCUT2D eigenvalue weighted by Gasteiger charge is -2.28. The second kappa shape index (κ2) is 13.5. The fourth-order valence-electron chi connectivity index (χ4n) is 2.66. The number of rotatable bonds is 16. The normalized spacial score (nSPS) is 12.8. The van der Waals surface area contributed by atoms with Crippen molar-refractivity contribution in [3.8, 4) is 0 Å². The van der Waals surface area contributed by atoms with Gasteiger partial charge in [0.25, 0.3) is 0 Å². The lowest BCUT2D eigenvalue weighted by Crippen LogP contribution is -2.46. The minimum Gasteiger partial charge on any atom is -0.418 e. The van der Waals surface area contributed by atoms with Crippen molar-refractivity contribution < 1.29 is 17.7 Å². The number of nitrogens with one attached hydrogen (secondary N) is 1. The van der Waals surface area contributed by atoms with Crippen molar-refractivity contribution in [1.82, 2.24) is 5.32 Å². The summed E-state index contributed by atoms with van der Waals surface area (Å²) in [5.41, 5.74) is 0. The summed E-state index contributed by atoms with van der Waals surface area (Å²) in [5.74, 6) is 0. The van der Waals surface area contributed by atoms with E-state index < -0.39 is 17.1 Å². The van der Waals surface area contributed by atoms with Gasteiger partial charge in [0.2, 0.25) is 0 Å². The Bertz CT molecular complexity index is 264. The van der Waals surface area contributed by atoms with Gasteiger partial charge >= 0.3 is 8.80 Å². The van der Waals surface area contributed by atoms with Crippen molar-refractivity contribution in [2.24, 2.45) is 0 Å². The molecule has 1 N–H and O–H groups in total. The van der Waals surface area contributed by atoms with E-state index in [1.165, 1.54) is 12.5 Å². The smallest absolute Gasteiger partial charge is 0.418 e. The summed E-state index contributed by atoms with van der Waals surface area (Å²) in [6.45, 7) is 17.5. The topological polar surface area (TPSA) is 49.0 Å². The van der Waals surface area contributed by atoms with Gasteiger partial charge in [0.15, 0.2) is 8.32 Å². The molecule has 0 aromatic rings. The van der Waals surface area contributed by atoms with Gasteiger partial charge in [0, 0.05) is 32.5 Å². The van der Waals surface area contributed by atoms with Crippen molar-refractivity contribution in [3.63, 3.8) is 0 Å². The summed E-state index contributed by atoms with van der Waals surface area (Å²) < 4.78 is 23.4. The van der Waals surface area contributed by atoms with Gasteiger partial charge in [0.05, 0.1) is 0 Å². The van der Waals surface area contributed by atoms with E-state index in [2.05, 4.69) is 25.3 Å². The van der Waals surface area contributed by atoms with Crippen LogP contribution in [0, 0.1) is 0 Å². The first-order valence-electron chi connectivity index (χ1n) is 9.21. The first-order valence-corrected chi connectivity index (χ1v) is 14.3. The standard InChI is InChI=1S/C16H39NO4Si2/c1-7-18-22(5,6)15-11-13-17-14-12-16-23(19-8-2,20-9-3)21-10-4/h17H,7-16H2,1-6H3. The van der Waals surface area contributed by atoms with E-state index >= 15 is 0 Å². The second-order valence-corrected chi connectivity index (χ2v) is 13.2. The average molecular weight is 366 g/mol. The molecule has 7 heteroatoms. The molecular weight excluding hydrogens is 326 g/mol. The Morgan fingerprint density at radius 1 is 0.652 bits per heavy atom. The van der Waals surface area contributed by atoms with Gasteiger partial charge in [-0.1, -0.05) is 0 Å². The summed E-state index contributed by atoms with van der Waals surface area (Å²) in [4.78, 5) is 0. The molecular formula is C16H39NO4Si2. The molecule has 0 rings (SSSR count). The average Bonchev–Trinajstić information content (AvgIpc) is 2.47. The van der Waals surface area contributed by atoms with Crippen molar-refractivity contribution in [3.05, 3.63) is 0 Å². The Balaban J connectivity index is 3.93. The van der Waals surface area contributed by atoms with Crippen LogP contribution in [-0.4, -0.2) is 56.6 Å². The van der Waals surface area contributed by atoms with Crippen molar-refractivity contribution in [2.75, 3.05) is 39.5 Å². The van der Waals surface area contributed by atoms with E-state index in [9.17, 15) is 0 Å². The van der Waals surface area contributed by atoms with Crippen LogP contribution >= 0.6 is 0 Å². The van der Waals surface area contributed by atoms with Gasteiger partial charge in [-0.2, -0.15) is 0 Å². The van der Waals surface area contributed by atoms with E-state index in [0.717, 1.165) is 32.2 Å². The van der Waals surface area contributed by atoms with Gasteiger partial charge in [-0.05, 0) is 72.8 Å². The monoisotopic (exact) mass is 365 g/mol. The minimum absolute atomic E-state index is 0.650. The van der Waals surface area contributed by atoms with Crippen LogP contribution < -0.4 is 5.32 Å². The van der Waals surface area contributed by atoms with Crippen LogP contribution in [0.25, 0.3) is 0 Å². The van der Waals surface area contributed by atoms with E-state index in [1.807, 2.05) is 20.8 Å². The Labute approximate surface area is 145 Å². The molecule has 0 fully saturated rings. The van der Waals surface area contributed by atoms with Crippen LogP contribution in [0.4, 0.5) is 0 Å². The number of hydrogen-bond acceptors (Lipinski definition) is 5. The lowest BCUT2D eigenvalue weighted by molar-refractivity contribution is 0.0708. The predicted molar refractivity (Wildman–Crippen MR) is 101 cm³/mol.